The zero-order valence-corrected chi connectivity index (χ0v) is 23.1. The smallest absolute Gasteiger partial charge is 0.657 e. The SMILES string of the molecule is CCOC(=O)c1c2nc(c(C(=O)OCC)c3ccc([n-]3)c(C(=O)OCC)c3nc(cc4ccc1[n-]4)C=C3)C=C2.[Mn+3]. The molecule has 0 atom stereocenters. The number of carbonyl (C=O) groups is 3. The van der Waals surface area contributed by atoms with Gasteiger partial charge in [0, 0.05) is 0 Å². The van der Waals surface area contributed by atoms with Crippen LogP contribution in [0.1, 0.15) is 74.6 Å². The molecule has 0 aromatic carbocycles. The molecule has 2 aliphatic rings. The van der Waals surface area contributed by atoms with Crippen LogP contribution in [0.5, 0.6) is 0 Å². The van der Waals surface area contributed by atoms with E-state index in [4.69, 9.17) is 14.2 Å². The molecule has 0 spiro atoms. The van der Waals surface area contributed by atoms with Crippen molar-refractivity contribution in [1.29, 1.82) is 0 Å². The molecule has 5 heterocycles. The van der Waals surface area contributed by atoms with Gasteiger partial charge in [-0.25, -0.2) is 24.4 Å². The Morgan fingerprint density at radius 1 is 0.625 bits per heavy atom. The van der Waals surface area contributed by atoms with E-state index in [1.807, 2.05) is 0 Å². The normalized spacial score (nSPS) is 11.6. The van der Waals surface area contributed by atoms with Gasteiger partial charge < -0.3 is 24.2 Å². The van der Waals surface area contributed by atoms with Crippen LogP contribution in [0.25, 0.3) is 46.4 Å². The summed E-state index contributed by atoms with van der Waals surface area (Å²) >= 11 is 0. The Morgan fingerprint density at radius 3 is 1.55 bits per heavy atom. The molecule has 3 aromatic rings. The molecular formula is C29H24MnN4O6+. The first-order valence-electron chi connectivity index (χ1n) is 12.5. The molecule has 40 heavy (non-hydrogen) atoms. The molecule has 3 aromatic heterocycles. The largest absolute Gasteiger partial charge is 3.00 e. The molecule has 11 heteroatoms. The summed E-state index contributed by atoms with van der Waals surface area (Å²) in [5, 5.41) is 0. The molecule has 2 aliphatic heterocycles. The van der Waals surface area contributed by atoms with Crippen LogP contribution >= 0.6 is 0 Å². The van der Waals surface area contributed by atoms with Crippen LogP contribution in [-0.4, -0.2) is 47.7 Å². The Bertz CT molecular complexity index is 1700. The van der Waals surface area contributed by atoms with Crippen LogP contribution in [0, 0.1) is 0 Å². The second-order valence-corrected chi connectivity index (χ2v) is 8.37. The molecule has 0 saturated heterocycles. The Hall–Kier alpha value is -4.47. The van der Waals surface area contributed by atoms with E-state index in [0.29, 0.717) is 22.4 Å². The van der Waals surface area contributed by atoms with Gasteiger partial charge in [0.2, 0.25) is 0 Å². The minimum atomic E-state index is -0.652. The molecule has 10 nitrogen and oxygen atoms in total. The van der Waals surface area contributed by atoms with Gasteiger partial charge in [-0.1, -0.05) is 30.3 Å². The third-order valence-corrected chi connectivity index (χ3v) is 5.87. The molecule has 0 aliphatic carbocycles. The number of hydrogen-bond donors (Lipinski definition) is 0. The van der Waals surface area contributed by atoms with E-state index in [0.717, 1.165) is 0 Å². The summed E-state index contributed by atoms with van der Waals surface area (Å²) in [6, 6.07) is 8.36. The van der Waals surface area contributed by atoms with Gasteiger partial charge in [-0.05, 0) is 45.1 Å². The second kappa shape index (κ2) is 12.1. The molecule has 0 fully saturated rings. The van der Waals surface area contributed by atoms with Crippen molar-refractivity contribution in [2.75, 3.05) is 19.8 Å². The molecule has 0 amide bonds. The fourth-order valence-electron chi connectivity index (χ4n) is 4.26. The van der Waals surface area contributed by atoms with Gasteiger partial charge in [0.05, 0.1) is 59.3 Å². The maximum absolute atomic E-state index is 13.1. The van der Waals surface area contributed by atoms with E-state index in [9.17, 15) is 14.4 Å². The van der Waals surface area contributed by atoms with E-state index >= 15 is 0 Å². The van der Waals surface area contributed by atoms with Gasteiger partial charge in [0.1, 0.15) is 0 Å². The summed E-state index contributed by atoms with van der Waals surface area (Å²) in [4.78, 5) is 57.5. The topological polar surface area (TPSA) is 133 Å². The van der Waals surface area contributed by atoms with Crippen LogP contribution in [-0.2, 0) is 31.3 Å². The molecule has 0 unspecified atom stereocenters. The predicted octanol–water partition coefficient (Wildman–Crippen LogP) is 4.44. The van der Waals surface area contributed by atoms with Crippen LogP contribution < -0.4 is 9.97 Å². The van der Waals surface area contributed by atoms with E-state index in [1.165, 1.54) is 0 Å². The first-order valence-corrected chi connectivity index (χ1v) is 12.5. The Balaban J connectivity index is 0.00000370. The van der Waals surface area contributed by atoms with Crippen molar-refractivity contribution < 1.29 is 45.7 Å². The van der Waals surface area contributed by atoms with E-state index in [2.05, 4.69) is 19.9 Å². The number of esters is 3. The van der Waals surface area contributed by atoms with Crippen LogP contribution in [0.15, 0.2) is 30.3 Å². The second-order valence-electron chi connectivity index (χ2n) is 8.37. The maximum atomic E-state index is 13.1. The first-order chi connectivity index (χ1) is 18.9. The average molecular weight is 579 g/mol. The minimum absolute atomic E-state index is 0. The summed E-state index contributed by atoms with van der Waals surface area (Å²) in [7, 11) is 0. The predicted molar refractivity (Wildman–Crippen MR) is 145 cm³/mol. The number of nitrogens with zero attached hydrogens (tertiary/aromatic N) is 4. The van der Waals surface area contributed by atoms with Crippen molar-refractivity contribution in [3.8, 4) is 0 Å². The van der Waals surface area contributed by atoms with Crippen molar-refractivity contribution in [2.24, 2.45) is 0 Å². The summed E-state index contributed by atoms with van der Waals surface area (Å²) in [6.45, 7) is 5.56. The number of fused-ring (bicyclic) bond motifs is 8. The number of hydrogen-bond acceptors (Lipinski definition) is 8. The fourth-order valence-corrected chi connectivity index (χ4v) is 4.26. The van der Waals surface area contributed by atoms with Crippen LogP contribution in [0.2, 0.25) is 0 Å². The van der Waals surface area contributed by atoms with E-state index < -0.39 is 17.9 Å². The molecule has 0 saturated carbocycles. The maximum Gasteiger partial charge on any atom is 3.00 e. The van der Waals surface area contributed by atoms with Gasteiger partial charge in [0.25, 0.3) is 0 Å². The summed E-state index contributed by atoms with van der Waals surface area (Å²) < 4.78 is 15.9. The van der Waals surface area contributed by atoms with Gasteiger partial charge in [-0.15, -0.1) is 22.1 Å². The standard InChI is InChI=1S/C29H25N4O6.Mn/c1-4-37-27(34)24-18-9-7-16(30-18)15-17-8-10-19(31-17)25(28(35)38-5-2)21-12-14-23(33-21)26(29(36)39-6-3)22-13-11-20(24)32-22;/h7-15H,4-6H2,1-3H3,(H-,30,31,32,33,34,35,36);/q-1;+3/p-1. The summed E-state index contributed by atoms with van der Waals surface area (Å²) in [6.07, 6.45) is 6.64. The third kappa shape index (κ3) is 5.47. The molecule has 0 radical (unpaired) electrons. The summed E-state index contributed by atoms with van der Waals surface area (Å²) in [5.74, 6) is -1.84. The molecular weight excluding hydrogens is 555 g/mol. The number of rotatable bonds is 6. The van der Waals surface area contributed by atoms with Crippen LogP contribution in [0.3, 0.4) is 0 Å². The molecule has 202 valence electrons. The van der Waals surface area contributed by atoms with Crippen molar-refractivity contribution in [3.05, 3.63) is 69.8 Å². The minimum Gasteiger partial charge on any atom is -0.657 e. The number of carbonyl (C=O) groups excluding carboxylic acids is 3. The van der Waals surface area contributed by atoms with E-state index in [-0.39, 0.29) is 76.0 Å². The Morgan fingerprint density at radius 2 is 1.05 bits per heavy atom. The van der Waals surface area contributed by atoms with Crippen molar-refractivity contribution >= 4 is 64.3 Å². The monoisotopic (exact) mass is 579 g/mol. The first kappa shape index (κ1) is 28.5. The van der Waals surface area contributed by atoms with Gasteiger partial charge >= 0.3 is 35.0 Å². The van der Waals surface area contributed by atoms with Crippen molar-refractivity contribution in [2.45, 2.75) is 20.8 Å². The van der Waals surface area contributed by atoms with Crippen LogP contribution in [0.4, 0.5) is 0 Å². The Kier molecular flexibility index (Phi) is 8.67. The molecule has 5 rings (SSSR count). The zero-order chi connectivity index (χ0) is 27.5. The summed E-state index contributed by atoms with van der Waals surface area (Å²) in [5.41, 5.74) is 3.23. The zero-order valence-electron chi connectivity index (χ0n) is 21.9. The van der Waals surface area contributed by atoms with Gasteiger partial charge in [0.15, 0.2) is 0 Å². The quantitative estimate of drug-likeness (QED) is 0.162. The van der Waals surface area contributed by atoms with Crippen molar-refractivity contribution in [3.63, 3.8) is 0 Å². The van der Waals surface area contributed by atoms with E-state index in [1.54, 1.807) is 75.4 Å². The van der Waals surface area contributed by atoms with Crippen molar-refractivity contribution in [1.82, 2.24) is 19.9 Å². The average Bonchev–Trinajstić information content (AvgIpc) is 3.71. The number of ether oxygens (including phenoxy) is 3. The van der Waals surface area contributed by atoms with Gasteiger partial charge in [-0.3, -0.25) is 0 Å². The Labute approximate surface area is 240 Å². The fraction of sp³-hybridized carbons (Fsp3) is 0.207. The number of aromatic nitrogens is 4. The molecule has 8 bridgehead atoms. The third-order valence-electron chi connectivity index (χ3n) is 5.87. The molecule has 0 N–H and O–H groups in total. The van der Waals surface area contributed by atoms with Gasteiger partial charge in [-0.2, -0.15) is 0 Å².